The van der Waals surface area contributed by atoms with E-state index in [4.69, 9.17) is 17.3 Å². The first-order valence-corrected chi connectivity index (χ1v) is 4.69. The molecule has 1 aromatic rings. The van der Waals surface area contributed by atoms with E-state index in [0.717, 1.165) is 10.2 Å². The lowest BCUT2D eigenvalue weighted by Gasteiger charge is -2.04. The van der Waals surface area contributed by atoms with Crippen LogP contribution in [0.15, 0.2) is 22.7 Å². The Bertz CT molecular complexity index is 316. The van der Waals surface area contributed by atoms with Gasteiger partial charge in [-0.2, -0.15) is 0 Å². The zero-order chi connectivity index (χ0) is 9.14. The number of nitrogens with one attached hydrogen (secondary N) is 1. The molecule has 0 heterocycles. The van der Waals surface area contributed by atoms with Gasteiger partial charge in [-0.05, 0) is 46.3 Å². The fraction of sp³-hybridized carbons (Fsp3) is 0. The first-order valence-electron chi connectivity index (χ1n) is 3.11. The molecule has 1 rings (SSSR count). The highest BCUT2D eigenvalue weighted by molar-refractivity contribution is 9.10. The van der Waals surface area contributed by atoms with Crippen LogP contribution in [0.5, 0.6) is 0 Å². The average Bonchev–Trinajstić information content (AvgIpc) is 1.96. The second-order valence-electron chi connectivity index (χ2n) is 2.12. The molecule has 0 aliphatic carbocycles. The lowest BCUT2D eigenvalue weighted by molar-refractivity contribution is 1.58. The highest BCUT2D eigenvalue weighted by Gasteiger charge is 1.98. The van der Waals surface area contributed by atoms with E-state index in [0.29, 0.717) is 5.02 Å². The second-order valence-corrected chi connectivity index (χ2v) is 3.82. The molecule has 0 aromatic heterocycles. The number of rotatable bonds is 1. The fourth-order valence-corrected chi connectivity index (χ4v) is 1.33. The van der Waals surface area contributed by atoms with Gasteiger partial charge in [-0.25, -0.2) is 0 Å². The molecule has 0 fully saturated rings. The van der Waals surface area contributed by atoms with Gasteiger partial charge in [0.15, 0.2) is 5.11 Å². The van der Waals surface area contributed by atoms with E-state index in [1.807, 2.05) is 6.07 Å². The molecule has 0 unspecified atom stereocenters. The molecule has 2 nitrogen and oxygen atoms in total. The summed E-state index contributed by atoms with van der Waals surface area (Å²) in [6.07, 6.45) is 0. The van der Waals surface area contributed by atoms with Gasteiger partial charge in [0, 0.05) is 10.2 Å². The largest absolute Gasteiger partial charge is 0.376 e. The predicted octanol–water partition coefficient (Wildman–Crippen LogP) is 2.76. The van der Waals surface area contributed by atoms with Crippen LogP contribution in [0, 0.1) is 0 Å². The molecule has 0 amide bonds. The van der Waals surface area contributed by atoms with Crippen LogP contribution < -0.4 is 11.1 Å². The number of thiocarbonyl (C=S) groups is 1. The Morgan fingerprint density at radius 3 is 2.75 bits per heavy atom. The summed E-state index contributed by atoms with van der Waals surface area (Å²) in [4.78, 5) is 0. The lowest BCUT2D eigenvalue weighted by Crippen LogP contribution is -2.18. The van der Waals surface area contributed by atoms with Gasteiger partial charge >= 0.3 is 0 Å². The van der Waals surface area contributed by atoms with Gasteiger partial charge in [-0.15, -0.1) is 0 Å². The number of benzene rings is 1. The third kappa shape index (κ3) is 2.62. The summed E-state index contributed by atoms with van der Waals surface area (Å²) in [7, 11) is 0. The molecule has 1 aromatic carbocycles. The number of hydrogen-bond donors (Lipinski definition) is 2. The Labute approximate surface area is 89.2 Å². The van der Waals surface area contributed by atoms with E-state index in [1.54, 1.807) is 12.1 Å². The Hall–Kier alpha value is -0.320. The Morgan fingerprint density at radius 2 is 2.25 bits per heavy atom. The Morgan fingerprint density at radius 1 is 1.58 bits per heavy atom. The van der Waals surface area contributed by atoms with Crippen molar-refractivity contribution in [3.63, 3.8) is 0 Å². The molecule has 0 bridgehead atoms. The maximum atomic E-state index is 5.78. The van der Waals surface area contributed by atoms with E-state index in [9.17, 15) is 0 Å². The van der Waals surface area contributed by atoms with E-state index in [-0.39, 0.29) is 5.11 Å². The van der Waals surface area contributed by atoms with Crippen LogP contribution in [0.4, 0.5) is 5.69 Å². The third-order valence-corrected chi connectivity index (χ3v) is 2.50. The molecule has 64 valence electrons. The summed E-state index contributed by atoms with van der Waals surface area (Å²) < 4.78 is 0.811. The molecule has 0 aliphatic heterocycles. The van der Waals surface area contributed by atoms with Crippen molar-refractivity contribution in [1.29, 1.82) is 0 Å². The van der Waals surface area contributed by atoms with Crippen molar-refractivity contribution in [2.24, 2.45) is 5.73 Å². The third-order valence-electron chi connectivity index (χ3n) is 1.19. The van der Waals surface area contributed by atoms with E-state index >= 15 is 0 Å². The summed E-state index contributed by atoms with van der Waals surface area (Å²) in [5, 5.41) is 3.69. The van der Waals surface area contributed by atoms with E-state index < -0.39 is 0 Å². The van der Waals surface area contributed by atoms with Crippen molar-refractivity contribution < 1.29 is 0 Å². The highest BCUT2D eigenvalue weighted by Crippen LogP contribution is 2.25. The molecule has 3 N–H and O–H groups in total. The molecule has 12 heavy (non-hydrogen) atoms. The highest BCUT2D eigenvalue weighted by atomic mass is 79.9. The standard InChI is InChI=1S/C7H6BrClN2S/c8-5-3-4(11-7(10)12)1-2-6(5)9/h1-3H,(H3,10,11,12). The topological polar surface area (TPSA) is 38.0 Å². The van der Waals surface area contributed by atoms with Crippen molar-refractivity contribution in [1.82, 2.24) is 0 Å². The minimum atomic E-state index is 0.240. The number of hydrogen-bond acceptors (Lipinski definition) is 1. The van der Waals surface area contributed by atoms with Crippen LogP contribution >= 0.6 is 39.7 Å². The average molecular weight is 266 g/mol. The summed E-state index contributed by atoms with van der Waals surface area (Å²) in [6, 6.07) is 5.36. The van der Waals surface area contributed by atoms with Crippen LogP contribution in [0.25, 0.3) is 0 Å². The molecule has 0 saturated heterocycles. The van der Waals surface area contributed by atoms with Crippen LogP contribution in [-0.4, -0.2) is 5.11 Å². The first-order chi connectivity index (χ1) is 5.59. The molecule has 0 atom stereocenters. The summed E-state index contributed by atoms with van der Waals surface area (Å²) in [6.45, 7) is 0. The lowest BCUT2D eigenvalue weighted by atomic mass is 10.3. The van der Waals surface area contributed by atoms with Gasteiger partial charge in [0.2, 0.25) is 0 Å². The minimum Gasteiger partial charge on any atom is -0.376 e. The number of anilines is 1. The van der Waals surface area contributed by atoms with Crippen LogP contribution in [0.1, 0.15) is 0 Å². The Kier molecular flexibility index (Phi) is 3.31. The van der Waals surface area contributed by atoms with Gasteiger partial charge in [-0.1, -0.05) is 11.6 Å². The summed E-state index contributed by atoms with van der Waals surface area (Å²) in [5.74, 6) is 0. The predicted molar refractivity (Wildman–Crippen MR) is 59.6 cm³/mol. The van der Waals surface area contributed by atoms with Gasteiger partial charge in [0.25, 0.3) is 0 Å². The van der Waals surface area contributed by atoms with Crippen molar-refractivity contribution in [2.75, 3.05) is 5.32 Å². The molecular weight excluding hydrogens is 260 g/mol. The molecular formula is C7H6BrClN2S. The smallest absolute Gasteiger partial charge is 0.168 e. The minimum absolute atomic E-state index is 0.240. The number of halogens is 2. The maximum Gasteiger partial charge on any atom is 0.168 e. The maximum absolute atomic E-state index is 5.78. The van der Waals surface area contributed by atoms with Gasteiger partial charge in [0.1, 0.15) is 0 Å². The van der Waals surface area contributed by atoms with Gasteiger partial charge < -0.3 is 11.1 Å². The zero-order valence-electron chi connectivity index (χ0n) is 5.97. The quantitative estimate of drug-likeness (QED) is 0.767. The van der Waals surface area contributed by atoms with Crippen LogP contribution in [-0.2, 0) is 0 Å². The van der Waals surface area contributed by atoms with E-state index in [1.165, 1.54) is 0 Å². The SMILES string of the molecule is NC(=S)Nc1ccc(Cl)c(Br)c1. The summed E-state index contributed by atoms with van der Waals surface area (Å²) >= 11 is 13.7. The molecule has 0 aliphatic rings. The van der Waals surface area contributed by atoms with E-state index in [2.05, 4.69) is 33.5 Å². The normalized spacial score (nSPS) is 9.50. The first kappa shape index (κ1) is 9.77. The van der Waals surface area contributed by atoms with Crippen LogP contribution in [0.2, 0.25) is 5.02 Å². The molecule has 0 radical (unpaired) electrons. The monoisotopic (exact) mass is 264 g/mol. The van der Waals surface area contributed by atoms with Gasteiger partial charge in [0.05, 0.1) is 5.02 Å². The van der Waals surface area contributed by atoms with Crippen molar-refractivity contribution in [3.05, 3.63) is 27.7 Å². The van der Waals surface area contributed by atoms with Crippen molar-refractivity contribution >= 4 is 50.5 Å². The van der Waals surface area contributed by atoms with Crippen molar-refractivity contribution in [2.45, 2.75) is 0 Å². The molecule has 0 spiro atoms. The zero-order valence-corrected chi connectivity index (χ0v) is 9.13. The van der Waals surface area contributed by atoms with Crippen molar-refractivity contribution in [3.8, 4) is 0 Å². The molecule has 5 heteroatoms. The second kappa shape index (κ2) is 4.07. The van der Waals surface area contributed by atoms with Crippen LogP contribution in [0.3, 0.4) is 0 Å². The Balaban J connectivity index is 2.89. The summed E-state index contributed by atoms with van der Waals surface area (Å²) in [5.41, 5.74) is 6.10. The van der Waals surface area contributed by atoms with Gasteiger partial charge in [-0.3, -0.25) is 0 Å². The fourth-order valence-electron chi connectivity index (χ4n) is 0.716. The number of nitrogens with two attached hydrogens (primary N) is 1. The molecule has 0 saturated carbocycles.